The maximum Gasteiger partial charge on any atom is 0.318 e. The molecule has 172 valence electrons. The first kappa shape index (κ1) is 21.5. The fourth-order valence-corrected chi connectivity index (χ4v) is 5.24. The Kier molecular flexibility index (Phi) is 6.20. The van der Waals surface area contributed by atoms with Crippen molar-refractivity contribution in [2.75, 3.05) is 62.7 Å². The van der Waals surface area contributed by atoms with Gasteiger partial charge in [-0.25, -0.2) is 0 Å². The Morgan fingerprint density at radius 2 is 1.91 bits per heavy atom. The van der Waals surface area contributed by atoms with Crippen LogP contribution in [0.25, 0.3) is 0 Å². The lowest BCUT2D eigenvalue weighted by Gasteiger charge is -2.35. The molecule has 1 atom stereocenters. The summed E-state index contributed by atoms with van der Waals surface area (Å²) in [5.74, 6) is 1.09. The quantitative estimate of drug-likeness (QED) is 0.773. The minimum Gasteiger partial charge on any atom is -0.462 e. The maximum absolute atomic E-state index is 6.22. The fourth-order valence-electron chi connectivity index (χ4n) is 5.24. The van der Waals surface area contributed by atoms with Gasteiger partial charge in [0.2, 0.25) is 0 Å². The van der Waals surface area contributed by atoms with Crippen molar-refractivity contribution in [3.8, 4) is 6.01 Å². The molecule has 0 aliphatic carbocycles. The van der Waals surface area contributed by atoms with Crippen molar-refractivity contribution in [2.24, 2.45) is 0 Å². The van der Waals surface area contributed by atoms with Crippen molar-refractivity contribution in [2.45, 2.75) is 45.7 Å². The smallest absolute Gasteiger partial charge is 0.318 e. The number of rotatable bonds is 5. The van der Waals surface area contributed by atoms with Crippen LogP contribution in [0.2, 0.25) is 0 Å². The normalized spacial score (nSPS) is 21.7. The molecule has 1 N–H and O–H groups in total. The van der Waals surface area contributed by atoms with Gasteiger partial charge in [0.1, 0.15) is 12.4 Å². The van der Waals surface area contributed by atoms with Crippen molar-refractivity contribution in [1.29, 1.82) is 0 Å². The second-order valence-corrected chi connectivity index (χ2v) is 9.47. The molecule has 0 bridgehead atoms. The number of aromatic nitrogens is 2. The minimum absolute atomic E-state index is 0.462. The molecule has 0 amide bonds. The first-order chi connectivity index (χ1) is 15.6. The first-order valence-electron chi connectivity index (χ1n) is 12.1. The molecule has 0 unspecified atom stereocenters. The summed E-state index contributed by atoms with van der Waals surface area (Å²) in [6, 6.07) is 7.59. The van der Waals surface area contributed by atoms with Crippen molar-refractivity contribution < 1.29 is 4.74 Å². The zero-order valence-corrected chi connectivity index (χ0v) is 19.7. The Bertz CT molecular complexity index is 958. The van der Waals surface area contributed by atoms with Crippen LogP contribution in [0, 0.1) is 13.8 Å². The zero-order valence-electron chi connectivity index (χ0n) is 19.7. The monoisotopic (exact) mass is 436 g/mol. The molecule has 1 aromatic carbocycles. The summed E-state index contributed by atoms with van der Waals surface area (Å²) in [5, 5.41) is 3.46. The third kappa shape index (κ3) is 4.28. The van der Waals surface area contributed by atoms with E-state index in [1.54, 1.807) is 0 Å². The Labute approximate surface area is 191 Å². The summed E-state index contributed by atoms with van der Waals surface area (Å²) in [6.45, 7) is 12.0. The lowest BCUT2D eigenvalue weighted by molar-refractivity contribution is 0.187. The lowest BCUT2D eigenvalue weighted by atomic mass is 10.0. The third-order valence-corrected chi connectivity index (χ3v) is 7.43. The van der Waals surface area contributed by atoms with Crippen molar-refractivity contribution >= 4 is 11.5 Å². The van der Waals surface area contributed by atoms with E-state index in [2.05, 4.69) is 59.1 Å². The molecule has 3 aliphatic heterocycles. The number of hydrogen-bond acceptors (Lipinski definition) is 7. The van der Waals surface area contributed by atoms with E-state index in [4.69, 9.17) is 14.7 Å². The number of benzene rings is 1. The Morgan fingerprint density at radius 1 is 1.06 bits per heavy atom. The average Bonchev–Trinajstić information content (AvgIpc) is 3.23. The van der Waals surface area contributed by atoms with E-state index in [0.29, 0.717) is 18.7 Å². The molecule has 2 fully saturated rings. The number of nitrogens with one attached hydrogen (secondary N) is 1. The first-order valence-corrected chi connectivity index (χ1v) is 12.1. The summed E-state index contributed by atoms with van der Waals surface area (Å²) in [6.07, 6.45) is 3.40. The van der Waals surface area contributed by atoms with Crippen molar-refractivity contribution in [1.82, 2.24) is 20.2 Å². The van der Waals surface area contributed by atoms with Gasteiger partial charge in [0, 0.05) is 50.0 Å². The standard InChI is InChI=1S/C25H36N6O/c1-18-6-4-8-23(19(18)2)31-13-9-21-22(16-31)27-25(32-17-20-7-5-12-29(20)3)28-24(21)30-14-10-26-11-15-30/h4,6,8,20,26H,5,7,9-17H2,1-3H3/t20-/m0/s1. The van der Waals surface area contributed by atoms with Gasteiger partial charge in [-0.05, 0) is 63.9 Å². The molecule has 0 radical (unpaired) electrons. The molecule has 3 aliphatic rings. The molecule has 0 saturated carbocycles. The summed E-state index contributed by atoms with van der Waals surface area (Å²) in [7, 11) is 2.18. The van der Waals surface area contributed by atoms with Gasteiger partial charge in [0.25, 0.3) is 0 Å². The number of piperazine rings is 1. The van der Waals surface area contributed by atoms with Crippen LogP contribution in [-0.2, 0) is 13.0 Å². The highest BCUT2D eigenvalue weighted by atomic mass is 16.5. The molecule has 2 aromatic rings. The van der Waals surface area contributed by atoms with Crippen LogP contribution in [-0.4, -0.2) is 73.8 Å². The van der Waals surface area contributed by atoms with Gasteiger partial charge in [-0.1, -0.05) is 12.1 Å². The van der Waals surface area contributed by atoms with Gasteiger partial charge in [-0.2, -0.15) is 9.97 Å². The van der Waals surface area contributed by atoms with Gasteiger partial charge in [-0.3, -0.25) is 0 Å². The van der Waals surface area contributed by atoms with E-state index in [9.17, 15) is 0 Å². The molecule has 7 heteroatoms. The molecule has 7 nitrogen and oxygen atoms in total. The number of ether oxygens (including phenoxy) is 1. The minimum atomic E-state index is 0.462. The molecule has 0 spiro atoms. The Hall–Kier alpha value is -2.38. The highest BCUT2D eigenvalue weighted by molar-refractivity contribution is 5.59. The number of likely N-dealkylation sites (tertiary alicyclic amines) is 1. The number of likely N-dealkylation sites (N-methyl/N-ethyl adjacent to an activating group) is 1. The number of nitrogens with zero attached hydrogens (tertiary/aromatic N) is 5. The van der Waals surface area contributed by atoms with E-state index in [-0.39, 0.29) is 0 Å². The van der Waals surface area contributed by atoms with Gasteiger partial charge in [0.15, 0.2) is 0 Å². The molecule has 2 saturated heterocycles. The van der Waals surface area contributed by atoms with E-state index in [1.807, 2.05) is 0 Å². The summed E-state index contributed by atoms with van der Waals surface area (Å²) >= 11 is 0. The number of aryl methyl sites for hydroxylation is 1. The van der Waals surface area contributed by atoms with Crippen molar-refractivity contribution in [3.63, 3.8) is 0 Å². The largest absolute Gasteiger partial charge is 0.462 e. The molecule has 5 rings (SSSR count). The van der Waals surface area contributed by atoms with Crippen LogP contribution < -0.4 is 19.9 Å². The van der Waals surface area contributed by atoms with E-state index in [0.717, 1.165) is 63.7 Å². The maximum atomic E-state index is 6.22. The van der Waals surface area contributed by atoms with Crippen LogP contribution in [0.5, 0.6) is 6.01 Å². The molecule has 32 heavy (non-hydrogen) atoms. The summed E-state index contributed by atoms with van der Waals surface area (Å²) in [5.41, 5.74) is 6.43. The number of fused-ring (bicyclic) bond motifs is 1. The van der Waals surface area contributed by atoms with Crippen molar-refractivity contribution in [3.05, 3.63) is 40.6 Å². The molecular weight excluding hydrogens is 400 g/mol. The number of hydrogen-bond donors (Lipinski definition) is 1. The van der Waals surface area contributed by atoms with Crippen LogP contribution in [0.15, 0.2) is 18.2 Å². The molecule has 1 aromatic heterocycles. The Balaban J connectivity index is 1.44. The highest BCUT2D eigenvalue weighted by Crippen LogP contribution is 2.33. The lowest BCUT2D eigenvalue weighted by Crippen LogP contribution is -2.45. The van der Waals surface area contributed by atoms with Gasteiger partial charge in [0.05, 0.1) is 12.2 Å². The van der Waals surface area contributed by atoms with E-state index < -0.39 is 0 Å². The predicted octanol–water partition coefficient (Wildman–Crippen LogP) is 2.54. The molecular formula is C25H36N6O. The SMILES string of the molecule is Cc1cccc(N2CCc3c(nc(OC[C@@H]4CCCN4C)nc3N3CCNCC3)C2)c1C. The average molecular weight is 437 g/mol. The predicted molar refractivity (Wildman–Crippen MR) is 129 cm³/mol. The van der Waals surface area contributed by atoms with Crippen LogP contribution in [0.1, 0.15) is 35.2 Å². The van der Waals surface area contributed by atoms with E-state index >= 15 is 0 Å². The number of anilines is 2. The second kappa shape index (κ2) is 9.24. The highest BCUT2D eigenvalue weighted by Gasteiger charge is 2.28. The second-order valence-electron chi connectivity index (χ2n) is 9.47. The van der Waals surface area contributed by atoms with Gasteiger partial charge < -0.3 is 24.8 Å². The zero-order chi connectivity index (χ0) is 22.1. The van der Waals surface area contributed by atoms with E-state index in [1.165, 1.54) is 35.2 Å². The topological polar surface area (TPSA) is 56.8 Å². The van der Waals surface area contributed by atoms with Crippen LogP contribution >= 0.6 is 0 Å². The van der Waals surface area contributed by atoms with Gasteiger partial charge in [-0.15, -0.1) is 0 Å². The molecule has 4 heterocycles. The fraction of sp³-hybridized carbons (Fsp3) is 0.600. The van der Waals surface area contributed by atoms with Crippen LogP contribution in [0.3, 0.4) is 0 Å². The summed E-state index contributed by atoms with van der Waals surface area (Å²) in [4.78, 5) is 17.2. The van der Waals surface area contributed by atoms with Crippen LogP contribution in [0.4, 0.5) is 11.5 Å². The van der Waals surface area contributed by atoms with Gasteiger partial charge >= 0.3 is 6.01 Å². The third-order valence-electron chi connectivity index (χ3n) is 7.43. The summed E-state index contributed by atoms with van der Waals surface area (Å²) < 4.78 is 6.22. The Morgan fingerprint density at radius 3 is 2.69 bits per heavy atom.